The van der Waals surface area contributed by atoms with Crippen LogP contribution in [0.5, 0.6) is 0 Å². The van der Waals surface area contributed by atoms with E-state index in [4.69, 9.17) is 0 Å². The lowest BCUT2D eigenvalue weighted by molar-refractivity contribution is -0.137. The van der Waals surface area contributed by atoms with Crippen LogP contribution in [0.25, 0.3) is 0 Å². The van der Waals surface area contributed by atoms with Crippen LogP contribution in [-0.4, -0.2) is 38.8 Å². The summed E-state index contributed by atoms with van der Waals surface area (Å²) in [7, 11) is 1.91. The van der Waals surface area contributed by atoms with Crippen molar-refractivity contribution in [1.82, 2.24) is 14.4 Å². The fourth-order valence-electron chi connectivity index (χ4n) is 3.86. The first-order chi connectivity index (χ1) is 16.2. The molecular weight excluding hydrogens is 443 g/mol. The van der Waals surface area contributed by atoms with Crippen molar-refractivity contribution in [3.8, 4) is 0 Å². The van der Waals surface area contributed by atoms with Gasteiger partial charge in [-0.2, -0.15) is 13.2 Å². The van der Waals surface area contributed by atoms with Gasteiger partial charge in [0.25, 0.3) is 5.91 Å². The predicted molar refractivity (Wildman–Crippen MR) is 122 cm³/mol. The lowest BCUT2D eigenvalue weighted by Gasteiger charge is -2.28. The highest BCUT2D eigenvalue weighted by Crippen LogP contribution is 2.31. The third kappa shape index (κ3) is 5.68. The fraction of sp³-hybridized carbons (Fsp3) is 0.308. The van der Waals surface area contributed by atoms with Crippen LogP contribution in [-0.2, 0) is 31.1 Å². The van der Waals surface area contributed by atoms with Crippen molar-refractivity contribution in [2.24, 2.45) is 7.05 Å². The zero-order valence-electron chi connectivity index (χ0n) is 18.8. The summed E-state index contributed by atoms with van der Waals surface area (Å²) in [5.74, 6) is -0.639. The van der Waals surface area contributed by atoms with Gasteiger partial charge in [-0.05, 0) is 54.8 Å². The minimum atomic E-state index is -4.47. The van der Waals surface area contributed by atoms with E-state index in [0.717, 1.165) is 36.2 Å². The van der Waals surface area contributed by atoms with Crippen molar-refractivity contribution >= 4 is 11.8 Å². The number of halogens is 3. The molecule has 1 heterocycles. The zero-order chi connectivity index (χ0) is 24.3. The van der Waals surface area contributed by atoms with Crippen LogP contribution in [0.2, 0.25) is 0 Å². The highest BCUT2D eigenvalue weighted by Gasteiger charge is 2.36. The van der Waals surface area contributed by atoms with Gasteiger partial charge in [-0.25, -0.2) is 0 Å². The van der Waals surface area contributed by atoms with Crippen molar-refractivity contribution in [2.75, 3.05) is 6.54 Å². The van der Waals surface area contributed by atoms with Crippen LogP contribution >= 0.6 is 0 Å². The van der Waals surface area contributed by atoms with Gasteiger partial charge in [-0.1, -0.05) is 30.3 Å². The van der Waals surface area contributed by atoms with E-state index in [1.165, 1.54) is 17.0 Å². The summed E-state index contributed by atoms with van der Waals surface area (Å²) >= 11 is 0. The van der Waals surface area contributed by atoms with E-state index in [-0.39, 0.29) is 24.1 Å². The molecule has 1 aliphatic rings. The quantitative estimate of drug-likeness (QED) is 0.472. The Kier molecular flexibility index (Phi) is 6.77. The van der Waals surface area contributed by atoms with Crippen molar-refractivity contribution in [2.45, 2.75) is 38.1 Å². The molecule has 0 spiro atoms. The van der Waals surface area contributed by atoms with Gasteiger partial charge in [0, 0.05) is 37.1 Å². The Morgan fingerprint density at radius 2 is 1.62 bits per heavy atom. The van der Waals surface area contributed by atoms with E-state index in [1.54, 1.807) is 4.90 Å². The van der Waals surface area contributed by atoms with Crippen molar-refractivity contribution in [3.63, 3.8) is 0 Å². The number of rotatable bonds is 8. The molecule has 5 nitrogen and oxygen atoms in total. The summed E-state index contributed by atoms with van der Waals surface area (Å²) in [4.78, 5) is 29.8. The molecule has 34 heavy (non-hydrogen) atoms. The van der Waals surface area contributed by atoms with Crippen LogP contribution in [0.1, 0.15) is 40.0 Å². The van der Waals surface area contributed by atoms with E-state index in [2.05, 4.69) is 0 Å². The zero-order valence-corrected chi connectivity index (χ0v) is 18.8. The molecular formula is C26H26F3N3O2. The number of hydrogen-bond acceptors (Lipinski definition) is 2. The SMILES string of the molecule is Cn1cccc1CN(Cc1ccccc1)C(=O)CN(C(=O)c1ccc(C(F)(F)F)cc1)C1CC1. The number of benzene rings is 2. The summed E-state index contributed by atoms with van der Waals surface area (Å²) in [6.07, 6.45) is -1.01. The maximum absolute atomic E-state index is 13.4. The minimum Gasteiger partial charge on any atom is -0.353 e. The molecule has 0 saturated heterocycles. The molecule has 0 unspecified atom stereocenters. The highest BCUT2D eigenvalue weighted by molar-refractivity contribution is 5.97. The molecule has 1 fully saturated rings. The molecule has 8 heteroatoms. The Balaban J connectivity index is 1.53. The number of hydrogen-bond donors (Lipinski definition) is 0. The number of amides is 2. The number of aryl methyl sites for hydroxylation is 1. The van der Waals surface area contributed by atoms with Crippen LogP contribution < -0.4 is 0 Å². The lowest BCUT2D eigenvalue weighted by atomic mass is 10.1. The molecule has 0 N–H and O–H groups in total. The maximum Gasteiger partial charge on any atom is 0.416 e. The first-order valence-corrected chi connectivity index (χ1v) is 11.1. The molecule has 1 saturated carbocycles. The summed E-state index contributed by atoms with van der Waals surface area (Å²) in [6, 6.07) is 17.5. The summed E-state index contributed by atoms with van der Waals surface area (Å²) < 4.78 is 40.6. The van der Waals surface area contributed by atoms with Gasteiger partial charge in [-0.15, -0.1) is 0 Å². The third-order valence-corrected chi connectivity index (χ3v) is 5.99. The van der Waals surface area contributed by atoms with Crippen molar-refractivity contribution in [3.05, 3.63) is 95.3 Å². The smallest absolute Gasteiger partial charge is 0.353 e. The monoisotopic (exact) mass is 469 g/mol. The second-order valence-electron chi connectivity index (χ2n) is 8.59. The number of alkyl halides is 3. The molecule has 178 valence electrons. The number of nitrogens with zero attached hydrogens (tertiary/aromatic N) is 3. The molecule has 1 aliphatic carbocycles. The van der Waals surface area contributed by atoms with Gasteiger partial charge in [0.05, 0.1) is 12.1 Å². The average Bonchev–Trinajstić information content (AvgIpc) is 3.58. The minimum absolute atomic E-state index is 0.0765. The first-order valence-electron chi connectivity index (χ1n) is 11.1. The van der Waals surface area contributed by atoms with E-state index in [0.29, 0.717) is 13.1 Å². The third-order valence-electron chi connectivity index (χ3n) is 5.99. The van der Waals surface area contributed by atoms with Crippen LogP contribution in [0.15, 0.2) is 72.9 Å². The number of carbonyl (C=O) groups is 2. The Morgan fingerprint density at radius 3 is 2.18 bits per heavy atom. The summed E-state index contributed by atoms with van der Waals surface area (Å²) in [5.41, 5.74) is 1.26. The molecule has 0 bridgehead atoms. The topological polar surface area (TPSA) is 45.6 Å². The normalized spacial score (nSPS) is 13.5. The Hall–Kier alpha value is -3.55. The average molecular weight is 470 g/mol. The van der Waals surface area contributed by atoms with Gasteiger partial charge in [0.15, 0.2) is 0 Å². The molecule has 0 atom stereocenters. The molecule has 2 aromatic carbocycles. The van der Waals surface area contributed by atoms with Crippen molar-refractivity contribution in [1.29, 1.82) is 0 Å². The second kappa shape index (κ2) is 9.75. The molecule has 0 radical (unpaired) electrons. The van der Waals surface area contributed by atoms with Crippen molar-refractivity contribution < 1.29 is 22.8 Å². The van der Waals surface area contributed by atoms with Crippen LogP contribution in [0.4, 0.5) is 13.2 Å². The number of aromatic nitrogens is 1. The Morgan fingerprint density at radius 1 is 0.941 bits per heavy atom. The summed E-state index contributed by atoms with van der Waals surface area (Å²) in [6.45, 7) is 0.643. The van der Waals surface area contributed by atoms with Gasteiger partial charge in [-0.3, -0.25) is 9.59 Å². The molecule has 0 aliphatic heterocycles. The summed E-state index contributed by atoms with van der Waals surface area (Å²) in [5, 5.41) is 0. The maximum atomic E-state index is 13.4. The van der Waals surface area contributed by atoms with Crippen LogP contribution in [0, 0.1) is 0 Å². The fourth-order valence-corrected chi connectivity index (χ4v) is 3.86. The lowest BCUT2D eigenvalue weighted by Crippen LogP contribution is -2.43. The largest absolute Gasteiger partial charge is 0.416 e. The van der Waals surface area contributed by atoms with Crippen LogP contribution in [0.3, 0.4) is 0 Å². The number of carbonyl (C=O) groups excluding carboxylic acids is 2. The standard InChI is InChI=1S/C26H26F3N3O2/c1-30-15-5-8-23(30)17-31(16-19-6-3-2-4-7-19)24(33)18-32(22-13-14-22)25(34)20-9-11-21(12-10-20)26(27,28)29/h2-12,15,22H,13-14,16-18H2,1H3. The Labute approximate surface area is 196 Å². The van der Waals surface area contributed by atoms with Gasteiger partial charge in [0.1, 0.15) is 6.54 Å². The van der Waals surface area contributed by atoms with E-state index >= 15 is 0 Å². The van der Waals surface area contributed by atoms with E-state index in [9.17, 15) is 22.8 Å². The molecule has 2 amide bonds. The van der Waals surface area contributed by atoms with E-state index < -0.39 is 17.6 Å². The predicted octanol–water partition coefficient (Wildman–Crippen LogP) is 4.88. The van der Waals surface area contributed by atoms with E-state index in [1.807, 2.05) is 60.3 Å². The first kappa shape index (κ1) is 23.6. The molecule has 1 aromatic heterocycles. The Bertz CT molecular complexity index is 1140. The highest BCUT2D eigenvalue weighted by atomic mass is 19.4. The molecule has 4 rings (SSSR count). The molecule has 3 aromatic rings. The second-order valence-corrected chi connectivity index (χ2v) is 8.59. The van der Waals surface area contributed by atoms with Gasteiger partial charge >= 0.3 is 6.18 Å². The van der Waals surface area contributed by atoms with Gasteiger partial charge < -0.3 is 14.4 Å². The van der Waals surface area contributed by atoms with Gasteiger partial charge in [0.2, 0.25) is 5.91 Å².